The van der Waals surface area contributed by atoms with Crippen LogP contribution in [0.5, 0.6) is 0 Å². The lowest BCUT2D eigenvalue weighted by molar-refractivity contribution is 0.785. The number of hydrogen-bond acceptors (Lipinski definition) is 5. The van der Waals surface area contributed by atoms with Gasteiger partial charge in [0.05, 0.1) is 0 Å². The van der Waals surface area contributed by atoms with Gasteiger partial charge in [0.2, 0.25) is 5.95 Å². The molecule has 2 rings (SSSR count). The fourth-order valence-corrected chi connectivity index (χ4v) is 2.63. The van der Waals surface area contributed by atoms with Crippen LogP contribution in [0.25, 0.3) is 0 Å². The van der Waals surface area contributed by atoms with E-state index in [0.717, 1.165) is 24.5 Å². The molecular weight excluding hydrogens is 256 g/mol. The van der Waals surface area contributed by atoms with Gasteiger partial charge < -0.3 is 10.6 Å². The van der Waals surface area contributed by atoms with Crippen molar-refractivity contribution in [1.82, 2.24) is 9.97 Å². The average Bonchev–Trinajstić information content (AvgIpc) is 2.81. The monoisotopic (exact) mass is 276 g/mol. The van der Waals surface area contributed by atoms with Crippen LogP contribution in [0, 0.1) is 6.92 Å². The molecule has 0 aliphatic heterocycles. The molecule has 0 aliphatic rings. The number of aromatic nitrogens is 2. The van der Waals surface area contributed by atoms with E-state index in [-0.39, 0.29) is 0 Å². The number of nitrogens with zero attached hydrogens (tertiary/aromatic N) is 2. The first kappa shape index (κ1) is 13.8. The summed E-state index contributed by atoms with van der Waals surface area (Å²) in [6, 6.07) is 4.49. The van der Waals surface area contributed by atoms with Gasteiger partial charge in [-0.25, -0.2) is 4.98 Å². The topological polar surface area (TPSA) is 49.8 Å². The quantitative estimate of drug-likeness (QED) is 0.850. The van der Waals surface area contributed by atoms with E-state index in [9.17, 15) is 0 Å². The molecule has 0 fully saturated rings. The number of thiophene rings is 1. The van der Waals surface area contributed by atoms with Crippen LogP contribution in [-0.2, 0) is 6.42 Å². The summed E-state index contributed by atoms with van der Waals surface area (Å²) in [4.78, 5) is 8.81. The summed E-state index contributed by atoms with van der Waals surface area (Å²) >= 11 is 1.74. The first-order chi connectivity index (χ1) is 9.17. The van der Waals surface area contributed by atoms with Crippen LogP contribution in [0.15, 0.2) is 22.9 Å². The predicted molar refractivity (Wildman–Crippen MR) is 82.0 cm³/mol. The van der Waals surface area contributed by atoms with Gasteiger partial charge in [-0.15, -0.1) is 0 Å². The van der Waals surface area contributed by atoms with Gasteiger partial charge in [-0.05, 0) is 49.6 Å². The van der Waals surface area contributed by atoms with Crippen molar-refractivity contribution in [3.05, 3.63) is 34.2 Å². The molecule has 2 aromatic rings. The molecule has 2 heterocycles. The lowest BCUT2D eigenvalue weighted by Crippen LogP contribution is -2.19. The normalized spacial score (nSPS) is 12.2. The van der Waals surface area contributed by atoms with E-state index >= 15 is 0 Å². The van der Waals surface area contributed by atoms with E-state index < -0.39 is 0 Å². The second-order valence-electron chi connectivity index (χ2n) is 4.63. The minimum atomic E-state index is 0.346. The number of nitrogens with one attached hydrogen (secondary N) is 2. The Morgan fingerprint density at radius 1 is 1.37 bits per heavy atom. The van der Waals surface area contributed by atoms with Crippen LogP contribution in [0.3, 0.4) is 0 Å². The molecule has 1 unspecified atom stereocenters. The molecule has 5 heteroatoms. The van der Waals surface area contributed by atoms with Gasteiger partial charge in [0.15, 0.2) is 0 Å². The molecule has 0 radical (unpaired) electrons. The van der Waals surface area contributed by atoms with Crippen LogP contribution < -0.4 is 10.6 Å². The summed E-state index contributed by atoms with van der Waals surface area (Å²) in [5, 5.41) is 10.9. The fourth-order valence-electron chi connectivity index (χ4n) is 1.95. The third-order valence-electron chi connectivity index (χ3n) is 2.71. The van der Waals surface area contributed by atoms with Crippen LogP contribution in [0.1, 0.15) is 25.1 Å². The largest absolute Gasteiger partial charge is 0.367 e. The molecule has 19 heavy (non-hydrogen) atoms. The van der Waals surface area contributed by atoms with Crippen molar-refractivity contribution in [3.63, 3.8) is 0 Å². The average molecular weight is 276 g/mol. The zero-order chi connectivity index (χ0) is 13.7. The van der Waals surface area contributed by atoms with Crippen molar-refractivity contribution in [2.45, 2.75) is 33.2 Å². The van der Waals surface area contributed by atoms with Gasteiger partial charge in [-0.1, -0.05) is 0 Å². The van der Waals surface area contributed by atoms with E-state index in [4.69, 9.17) is 0 Å². The summed E-state index contributed by atoms with van der Waals surface area (Å²) in [7, 11) is 0. The van der Waals surface area contributed by atoms with Gasteiger partial charge in [0, 0.05) is 24.3 Å². The van der Waals surface area contributed by atoms with E-state index in [0.29, 0.717) is 12.0 Å². The van der Waals surface area contributed by atoms with Crippen molar-refractivity contribution < 1.29 is 0 Å². The van der Waals surface area contributed by atoms with Crippen LogP contribution >= 0.6 is 11.3 Å². The maximum Gasteiger partial charge on any atom is 0.224 e. The Morgan fingerprint density at radius 2 is 2.21 bits per heavy atom. The van der Waals surface area contributed by atoms with E-state index in [1.807, 2.05) is 19.9 Å². The van der Waals surface area contributed by atoms with Gasteiger partial charge in [-0.2, -0.15) is 16.3 Å². The maximum absolute atomic E-state index is 4.46. The number of anilines is 2. The second kappa shape index (κ2) is 6.52. The summed E-state index contributed by atoms with van der Waals surface area (Å²) in [5.74, 6) is 1.57. The van der Waals surface area contributed by atoms with E-state index in [1.54, 1.807) is 11.3 Å². The smallest absolute Gasteiger partial charge is 0.224 e. The summed E-state index contributed by atoms with van der Waals surface area (Å²) < 4.78 is 0. The van der Waals surface area contributed by atoms with E-state index in [2.05, 4.69) is 44.4 Å². The Hall–Kier alpha value is -1.62. The summed E-state index contributed by atoms with van der Waals surface area (Å²) in [6.07, 6.45) is 1.00. The lowest BCUT2D eigenvalue weighted by atomic mass is 10.1. The Labute approximate surface area is 118 Å². The van der Waals surface area contributed by atoms with Gasteiger partial charge in [-0.3, -0.25) is 0 Å². The molecule has 4 nitrogen and oxygen atoms in total. The molecule has 2 N–H and O–H groups in total. The molecule has 0 spiro atoms. The zero-order valence-corrected chi connectivity index (χ0v) is 12.4. The van der Waals surface area contributed by atoms with Crippen molar-refractivity contribution in [2.75, 3.05) is 17.2 Å². The van der Waals surface area contributed by atoms with Crippen LogP contribution in [-0.4, -0.2) is 22.6 Å². The Balaban J connectivity index is 2.01. The summed E-state index contributed by atoms with van der Waals surface area (Å²) in [6.45, 7) is 7.02. The van der Waals surface area contributed by atoms with Crippen molar-refractivity contribution >= 4 is 23.1 Å². The van der Waals surface area contributed by atoms with Gasteiger partial charge in [0.25, 0.3) is 0 Å². The SMILES string of the molecule is CCNc1nc(C)cc(NC(C)Cc2ccsc2)n1. The highest BCUT2D eigenvalue weighted by molar-refractivity contribution is 7.07. The Bertz CT molecular complexity index is 510. The highest BCUT2D eigenvalue weighted by atomic mass is 32.1. The van der Waals surface area contributed by atoms with Gasteiger partial charge in [0.1, 0.15) is 5.82 Å². The molecule has 0 saturated carbocycles. The molecule has 2 aromatic heterocycles. The third-order valence-corrected chi connectivity index (χ3v) is 3.44. The zero-order valence-electron chi connectivity index (χ0n) is 11.6. The van der Waals surface area contributed by atoms with Crippen molar-refractivity contribution in [2.24, 2.45) is 0 Å². The second-order valence-corrected chi connectivity index (χ2v) is 5.41. The minimum Gasteiger partial charge on any atom is -0.367 e. The predicted octanol–water partition coefficient (Wildman–Crippen LogP) is 3.32. The lowest BCUT2D eigenvalue weighted by Gasteiger charge is -2.15. The number of aryl methyl sites for hydroxylation is 1. The first-order valence-corrected chi connectivity index (χ1v) is 7.49. The first-order valence-electron chi connectivity index (χ1n) is 6.54. The highest BCUT2D eigenvalue weighted by Gasteiger charge is 2.07. The van der Waals surface area contributed by atoms with E-state index in [1.165, 1.54) is 5.56 Å². The Kier molecular flexibility index (Phi) is 4.74. The minimum absolute atomic E-state index is 0.346. The molecule has 0 amide bonds. The number of hydrogen-bond donors (Lipinski definition) is 2. The highest BCUT2D eigenvalue weighted by Crippen LogP contribution is 2.14. The molecule has 102 valence electrons. The maximum atomic E-state index is 4.46. The van der Waals surface area contributed by atoms with Gasteiger partial charge >= 0.3 is 0 Å². The van der Waals surface area contributed by atoms with Crippen molar-refractivity contribution in [1.29, 1.82) is 0 Å². The molecule has 1 atom stereocenters. The standard InChI is InChI=1S/C14H20N4S/c1-4-15-14-17-11(3)8-13(18-14)16-10(2)7-12-5-6-19-9-12/h5-6,8-10H,4,7H2,1-3H3,(H2,15,16,17,18). The van der Waals surface area contributed by atoms with Crippen molar-refractivity contribution in [3.8, 4) is 0 Å². The van der Waals surface area contributed by atoms with Crippen LogP contribution in [0.2, 0.25) is 0 Å². The summed E-state index contributed by atoms with van der Waals surface area (Å²) in [5.41, 5.74) is 2.33. The molecular formula is C14H20N4S. The molecule has 0 aliphatic carbocycles. The third kappa shape index (κ3) is 4.21. The Morgan fingerprint density at radius 3 is 2.89 bits per heavy atom. The number of rotatable bonds is 6. The molecule has 0 aromatic carbocycles. The van der Waals surface area contributed by atoms with Crippen LogP contribution in [0.4, 0.5) is 11.8 Å². The fraction of sp³-hybridized carbons (Fsp3) is 0.429. The molecule has 0 saturated heterocycles. The molecule has 0 bridgehead atoms.